The Bertz CT molecular complexity index is 423. The topological polar surface area (TPSA) is 47.6 Å². The number of esters is 1. The number of benzene rings is 1. The van der Waals surface area contributed by atoms with Gasteiger partial charge >= 0.3 is 5.97 Å². The van der Waals surface area contributed by atoms with Crippen LogP contribution in [0.15, 0.2) is 18.2 Å². The molecule has 4 nitrogen and oxygen atoms in total. The summed E-state index contributed by atoms with van der Waals surface area (Å²) in [7, 11) is 2.81. The molecule has 1 atom stereocenters. The Hall–Kier alpha value is -1.62. The van der Waals surface area contributed by atoms with Gasteiger partial charge in [0, 0.05) is 12.5 Å². The van der Waals surface area contributed by atoms with Crippen LogP contribution in [0.1, 0.15) is 31.4 Å². The Kier molecular flexibility index (Phi) is 6.29. The van der Waals surface area contributed by atoms with Crippen molar-refractivity contribution < 1.29 is 18.7 Å². The van der Waals surface area contributed by atoms with Crippen LogP contribution in [0.2, 0.25) is 0 Å². The zero-order chi connectivity index (χ0) is 14.3. The van der Waals surface area contributed by atoms with E-state index in [0.717, 1.165) is 5.56 Å². The van der Waals surface area contributed by atoms with Gasteiger partial charge in [-0.05, 0) is 37.6 Å². The van der Waals surface area contributed by atoms with Gasteiger partial charge in [0.2, 0.25) is 0 Å². The predicted octanol–water partition coefficient (Wildman–Crippen LogP) is 2.44. The minimum Gasteiger partial charge on any atom is -0.494 e. The van der Waals surface area contributed by atoms with Crippen LogP contribution in [0, 0.1) is 5.82 Å². The molecule has 0 fully saturated rings. The molecule has 0 aromatic heterocycles. The van der Waals surface area contributed by atoms with Crippen molar-refractivity contribution >= 4 is 5.97 Å². The number of ether oxygens (including phenoxy) is 2. The first-order valence-corrected chi connectivity index (χ1v) is 6.22. The van der Waals surface area contributed by atoms with Crippen LogP contribution in [0.25, 0.3) is 0 Å². The summed E-state index contributed by atoms with van der Waals surface area (Å²) in [5.41, 5.74) is 0.844. The van der Waals surface area contributed by atoms with Gasteiger partial charge in [0.05, 0.1) is 14.2 Å². The highest BCUT2D eigenvalue weighted by Gasteiger charge is 2.09. The Morgan fingerprint density at radius 3 is 2.74 bits per heavy atom. The lowest BCUT2D eigenvalue weighted by Gasteiger charge is -2.15. The van der Waals surface area contributed by atoms with Crippen LogP contribution in [0.4, 0.5) is 4.39 Å². The zero-order valence-electron chi connectivity index (χ0n) is 11.5. The normalized spacial score (nSPS) is 12.0. The summed E-state index contributed by atoms with van der Waals surface area (Å²) in [6.07, 6.45) is 1.07. The number of carbonyl (C=O) groups is 1. The van der Waals surface area contributed by atoms with E-state index in [1.165, 1.54) is 20.3 Å². The molecular weight excluding hydrogens is 249 g/mol. The van der Waals surface area contributed by atoms with Gasteiger partial charge in [0.15, 0.2) is 11.6 Å². The average molecular weight is 269 g/mol. The third-order valence-electron chi connectivity index (χ3n) is 2.91. The molecule has 0 aliphatic rings. The Balaban J connectivity index is 2.43. The smallest absolute Gasteiger partial charge is 0.305 e. The number of methoxy groups -OCH3 is 2. The minimum atomic E-state index is -0.372. The quantitative estimate of drug-likeness (QED) is 0.610. The van der Waals surface area contributed by atoms with Crippen LogP contribution in [-0.2, 0) is 9.53 Å². The molecular formula is C14H20FNO3. The number of carbonyl (C=O) groups excluding carboxylic acids is 1. The van der Waals surface area contributed by atoms with Crippen molar-refractivity contribution in [3.63, 3.8) is 0 Å². The van der Waals surface area contributed by atoms with Crippen molar-refractivity contribution in [2.45, 2.75) is 25.8 Å². The van der Waals surface area contributed by atoms with Crippen LogP contribution >= 0.6 is 0 Å². The molecule has 0 aliphatic carbocycles. The summed E-state index contributed by atoms with van der Waals surface area (Å²) in [5.74, 6) is -0.352. The van der Waals surface area contributed by atoms with Crippen molar-refractivity contribution in [1.82, 2.24) is 5.32 Å². The summed E-state index contributed by atoms with van der Waals surface area (Å²) in [4.78, 5) is 10.9. The second-order valence-corrected chi connectivity index (χ2v) is 4.25. The monoisotopic (exact) mass is 269 g/mol. The van der Waals surface area contributed by atoms with Crippen molar-refractivity contribution in [2.24, 2.45) is 0 Å². The summed E-state index contributed by atoms with van der Waals surface area (Å²) in [5, 5.41) is 3.23. The van der Waals surface area contributed by atoms with E-state index >= 15 is 0 Å². The molecule has 0 aliphatic heterocycles. The van der Waals surface area contributed by atoms with Crippen molar-refractivity contribution in [3.05, 3.63) is 29.6 Å². The number of nitrogens with one attached hydrogen (secondary N) is 1. The first kappa shape index (κ1) is 15.4. The van der Waals surface area contributed by atoms with Crippen LogP contribution < -0.4 is 10.1 Å². The van der Waals surface area contributed by atoms with E-state index in [-0.39, 0.29) is 23.6 Å². The highest BCUT2D eigenvalue weighted by Crippen LogP contribution is 2.21. The van der Waals surface area contributed by atoms with Gasteiger partial charge in [-0.3, -0.25) is 4.79 Å². The highest BCUT2D eigenvalue weighted by atomic mass is 19.1. The largest absolute Gasteiger partial charge is 0.494 e. The lowest BCUT2D eigenvalue weighted by Crippen LogP contribution is -2.20. The lowest BCUT2D eigenvalue weighted by atomic mass is 10.1. The van der Waals surface area contributed by atoms with E-state index in [9.17, 15) is 9.18 Å². The summed E-state index contributed by atoms with van der Waals surface area (Å²) >= 11 is 0. The summed E-state index contributed by atoms with van der Waals surface area (Å²) in [6.45, 7) is 2.61. The van der Waals surface area contributed by atoms with Gasteiger partial charge in [-0.2, -0.15) is 0 Å². The Morgan fingerprint density at radius 1 is 1.42 bits per heavy atom. The second kappa shape index (κ2) is 7.74. The number of hydrogen-bond donors (Lipinski definition) is 1. The standard InChI is InChI=1S/C14H20FNO3/c1-10(16-8-4-5-14(17)19-3)11-6-7-13(18-2)12(15)9-11/h6-7,9-10,16H,4-5,8H2,1-3H3. The zero-order valence-corrected chi connectivity index (χ0v) is 11.5. The van der Waals surface area contributed by atoms with Crippen LogP contribution in [-0.4, -0.2) is 26.7 Å². The molecule has 0 saturated heterocycles. The third-order valence-corrected chi connectivity index (χ3v) is 2.91. The highest BCUT2D eigenvalue weighted by molar-refractivity contribution is 5.69. The number of halogens is 1. The first-order valence-electron chi connectivity index (χ1n) is 6.22. The van der Waals surface area contributed by atoms with E-state index in [2.05, 4.69) is 10.1 Å². The fourth-order valence-corrected chi connectivity index (χ4v) is 1.72. The maximum atomic E-state index is 13.5. The number of rotatable bonds is 7. The summed E-state index contributed by atoms with van der Waals surface area (Å²) < 4.78 is 23.0. The molecule has 1 aromatic rings. The maximum Gasteiger partial charge on any atom is 0.305 e. The lowest BCUT2D eigenvalue weighted by molar-refractivity contribution is -0.140. The van der Waals surface area contributed by atoms with Gasteiger partial charge in [0.25, 0.3) is 0 Å². The summed E-state index contributed by atoms with van der Waals surface area (Å²) in [6, 6.07) is 4.90. The molecule has 19 heavy (non-hydrogen) atoms. The van der Waals surface area contributed by atoms with E-state index in [1.807, 2.05) is 13.0 Å². The van der Waals surface area contributed by atoms with Crippen molar-refractivity contribution in [1.29, 1.82) is 0 Å². The maximum absolute atomic E-state index is 13.5. The first-order chi connectivity index (χ1) is 9.08. The van der Waals surface area contributed by atoms with Gasteiger partial charge in [-0.15, -0.1) is 0 Å². The fourth-order valence-electron chi connectivity index (χ4n) is 1.72. The molecule has 5 heteroatoms. The molecule has 0 saturated carbocycles. The SMILES string of the molecule is COC(=O)CCCNC(C)c1ccc(OC)c(F)c1. The van der Waals surface area contributed by atoms with Crippen molar-refractivity contribution in [2.75, 3.05) is 20.8 Å². The van der Waals surface area contributed by atoms with Crippen molar-refractivity contribution in [3.8, 4) is 5.75 Å². The Morgan fingerprint density at radius 2 is 2.16 bits per heavy atom. The van der Waals surface area contributed by atoms with Gasteiger partial charge in [-0.25, -0.2) is 4.39 Å². The van der Waals surface area contributed by atoms with Gasteiger partial charge < -0.3 is 14.8 Å². The molecule has 1 rings (SSSR count). The molecule has 1 aromatic carbocycles. The second-order valence-electron chi connectivity index (χ2n) is 4.25. The van der Waals surface area contributed by atoms with E-state index in [0.29, 0.717) is 19.4 Å². The molecule has 0 radical (unpaired) electrons. The fraction of sp³-hybridized carbons (Fsp3) is 0.500. The molecule has 1 unspecified atom stereocenters. The van der Waals surface area contributed by atoms with Gasteiger partial charge in [-0.1, -0.05) is 6.07 Å². The molecule has 106 valence electrons. The van der Waals surface area contributed by atoms with E-state index in [1.54, 1.807) is 6.07 Å². The minimum absolute atomic E-state index is 0.0121. The van der Waals surface area contributed by atoms with Crippen LogP contribution in [0.5, 0.6) is 5.75 Å². The number of hydrogen-bond acceptors (Lipinski definition) is 4. The van der Waals surface area contributed by atoms with E-state index in [4.69, 9.17) is 4.74 Å². The molecule has 0 bridgehead atoms. The average Bonchev–Trinajstić information content (AvgIpc) is 2.42. The molecule has 0 amide bonds. The molecule has 1 N–H and O–H groups in total. The van der Waals surface area contributed by atoms with Crippen LogP contribution in [0.3, 0.4) is 0 Å². The van der Waals surface area contributed by atoms with Gasteiger partial charge in [0.1, 0.15) is 0 Å². The van der Waals surface area contributed by atoms with E-state index < -0.39 is 0 Å². The molecule has 0 spiro atoms. The Labute approximate surface area is 112 Å². The molecule has 0 heterocycles. The predicted molar refractivity (Wildman–Crippen MR) is 70.6 cm³/mol. The third kappa shape index (κ3) is 4.87.